The van der Waals surface area contributed by atoms with Crippen molar-refractivity contribution in [3.63, 3.8) is 0 Å². The van der Waals surface area contributed by atoms with E-state index in [0.29, 0.717) is 5.65 Å². The zero-order valence-electron chi connectivity index (χ0n) is 12.5. The number of fused-ring (bicyclic) bond motifs is 1. The molecule has 0 aromatic carbocycles. The molecule has 2 aromatic heterocycles. The maximum absolute atomic E-state index is 11.9. The Bertz CT molecular complexity index is 748. The first-order chi connectivity index (χ1) is 11.1. The minimum atomic E-state index is -0.756. The third-order valence-corrected chi connectivity index (χ3v) is 6.96. The fraction of sp³-hybridized carbons (Fsp3) is 0.615. The molecule has 1 fully saturated rings. The number of nitrogens with two attached hydrogens (primary N) is 1. The van der Waals surface area contributed by atoms with E-state index < -0.39 is 24.0 Å². The number of aliphatic hydroxyl groups is 2. The summed E-state index contributed by atoms with van der Waals surface area (Å²) in [5.41, 5.74) is 5.69. The number of rotatable bonds is 5. The van der Waals surface area contributed by atoms with Gasteiger partial charge in [0, 0.05) is 0 Å². The molecule has 1 aliphatic rings. The average Bonchev–Trinajstić information content (AvgIpc) is 3.06. The van der Waals surface area contributed by atoms with Gasteiger partial charge in [-0.1, -0.05) is 0 Å². The summed E-state index contributed by atoms with van der Waals surface area (Å²) in [5, 5.41) is 20.8. The second kappa shape index (κ2) is 6.58. The van der Waals surface area contributed by atoms with Gasteiger partial charge in [0.1, 0.15) is 0 Å². The molecule has 1 saturated heterocycles. The van der Waals surface area contributed by atoms with Crippen molar-refractivity contribution in [2.24, 2.45) is 0 Å². The first-order valence-corrected chi connectivity index (χ1v) is 9.55. The second-order valence-electron chi connectivity index (χ2n) is 5.35. The Kier molecular flexibility index (Phi) is 4.69. The van der Waals surface area contributed by atoms with E-state index in [1.807, 2.05) is 0 Å². The summed E-state index contributed by atoms with van der Waals surface area (Å²) in [6, 6.07) is 0. The number of anilines is 1. The van der Waals surface area contributed by atoms with Crippen LogP contribution in [0.3, 0.4) is 0 Å². The summed E-state index contributed by atoms with van der Waals surface area (Å²) < 4.78 is 7.44. The third kappa shape index (κ3) is 2.88. The Morgan fingerprint density at radius 1 is 1.57 bits per heavy atom. The number of aromatic nitrogens is 4. The standard InChI is InChI=1S/C13H19N5O4Se/c1-2-3-23-9-8(20)6(4-19)22-12(9)18-5-15-7-10(18)16-13(14)17-11(7)21/h5-6,8-9,12,19-20H,2-4H2,1H3,(H3,14,16,17,21)/t6-,8+,9?,12-/m1/s1. The molecule has 4 atom stereocenters. The fourth-order valence-electron chi connectivity index (χ4n) is 2.66. The minimum absolute atomic E-state index is 0.00266. The van der Waals surface area contributed by atoms with Crippen LogP contribution in [0.2, 0.25) is 10.1 Å². The zero-order valence-corrected chi connectivity index (χ0v) is 14.3. The normalized spacial score (nSPS) is 27.8. The van der Waals surface area contributed by atoms with Gasteiger partial charge in [-0.15, -0.1) is 0 Å². The van der Waals surface area contributed by atoms with Crippen LogP contribution in [0.4, 0.5) is 5.95 Å². The number of ether oxygens (including phenoxy) is 1. The second-order valence-corrected chi connectivity index (χ2v) is 8.05. The maximum atomic E-state index is 11.9. The van der Waals surface area contributed by atoms with Crippen molar-refractivity contribution < 1.29 is 14.9 Å². The van der Waals surface area contributed by atoms with Gasteiger partial charge in [0.2, 0.25) is 0 Å². The Hall–Kier alpha value is -1.45. The van der Waals surface area contributed by atoms with Gasteiger partial charge in [0.05, 0.1) is 0 Å². The molecule has 9 nitrogen and oxygen atoms in total. The molecule has 126 valence electrons. The number of nitrogen functional groups attached to an aromatic ring is 1. The number of aliphatic hydroxyl groups excluding tert-OH is 2. The van der Waals surface area contributed by atoms with Crippen molar-refractivity contribution in [2.75, 3.05) is 12.3 Å². The molecule has 10 heteroatoms. The van der Waals surface area contributed by atoms with Crippen LogP contribution in [-0.4, -0.2) is 63.5 Å². The van der Waals surface area contributed by atoms with E-state index in [1.165, 1.54) is 6.33 Å². The van der Waals surface area contributed by atoms with Crippen LogP contribution in [0.15, 0.2) is 11.1 Å². The van der Waals surface area contributed by atoms with Gasteiger partial charge in [0.25, 0.3) is 0 Å². The van der Waals surface area contributed by atoms with E-state index >= 15 is 0 Å². The molecule has 2 aromatic rings. The van der Waals surface area contributed by atoms with Crippen molar-refractivity contribution in [3.8, 4) is 0 Å². The summed E-state index contributed by atoms with van der Waals surface area (Å²) in [7, 11) is 0. The Morgan fingerprint density at radius 3 is 3.04 bits per heavy atom. The molecule has 0 aliphatic carbocycles. The SMILES string of the molecule is CCC[Se]C1[C@@H](O)[C@@H](CO)O[C@H]1n1cnc2c(=O)[nH]c(N)nc21. The molecule has 3 heterocycles. The summed E-state index contributed by atoms with van der Waals surface area (Å²) >= 11 is 0.117. The average molecular weight is 388 g/mol. The van der Waals surface area contributed by atoms with E-state index in [4.69, 9.17) is 10.5 Å². The summed E-state index contributed by atoms with van der Waals surface area (Å²) in [6.45, 7) is 1.82. The van der Waals surface area contributed by atoms with Crippen LogP contribution in [0.5, 0.6) is 0 Å². The number of aromatic amines is 1. The molecular formula is C13H19N5O4Se. The van der Waals surface area contributed by atoms with Crippen LogP contribution in [0.25, 0.3) is 11.2 Å². The Balaban J connectivity index is 2.03. The van der Waals surface area contributed by atoms with Gasteiger partial charge in [-0.3, -0.25) is 0 Å². The van der Waals surface area contributed by atoms with E-state index in [2.05, 4.69) is 21.9 Å². The first-order valence-electron chi connectivity index (χ1n) is 7.35. The molecule has 23 heavy (non-hydrogen) atoms. The predicted octanol–water partition coefficient (Wildman–Crippen LogP) is -0.727. The van der Waals surface area contributed by atoms with Gasteiger partial charge in [-0.2, -0.15) is 0 Å². The summed E-state index contributed by atoms with van der Waals surface area (Å²) in [5.74, 6) is -0.00266. The van der Waals surface area contributed by atoms with Crippen LogP contribution >= 0.6 is 0 Å². The topological polar surface area (TPSA) is 139 Å². The zero-order chi connectivity index (χ0) is 16.6. The number of hydrogen-bond donors (Lipinski definition) is 4. The van der Waals surface area contributed by atoms with E-state index in [-0.39, 0.29) is 37.8 Å². The molecule has 1 unspecified atom stereocenters. The number of imidazole rings is 1. The van der Waals surface area contributed by atoms with Crippen molar-refractivity contribution in [1.82, 2.24) is 19.5 Å². The third-order valence-electron chi connectivity index (χ3n) is 3.73. The number of nitrogens with one attached hydrogen (secondary N) is 1. The van der Waals surface area contributed by atoms with Gasteiger partial charge in [-0.25, -0.2) is 0 Å². The van der Waals surface area contributed by atoms with Crippen LogP contribution in [0.1, 0.15) is 19.6 Å². The summed E-state index contributed by atoms with van der Waals surface area (Å²) in [6.07, 6.45) is 0.551. The molecule has 0 spiro atoms. The quantitative estimate of drug-likeness (QED) is 0.496. The molecular weight excluding hydrogens is 369 g/mol. The van der Waals surface area contributed by atoms with E-state index in [1.54, 1.807) is 4.57 Å². The summed E-state index contributed by atoms with van der Waals surface area (Å²) in [4.78, 5) is 22.4. The molecule has 0 amide bonds. The Labute approximate surface area is 138 Å². The molecule has 5 N–H and O–H groups in total. The first kappa shape index (κ1) is 16.4. The van der Waals surface area contributed by atoms with Gasteiger partial charge in [0.15, 0.2) is 0 Å². The van der Waals surface area contributed by atoms with Crippen molar-refractivity contribution >= 4 is 32.1 Å². The van der Waals surface area contributed by atoms with Crippen LogP contribution in [-0.2, 0) is 4.74 Å². The molecule has 1 aliphatic heterocycles. The van der Waals surface area contributed by atoms with Crippen LogP contribution < -0.4 is 11.3 Å². The van der Waals surface area contributed by atoms with Crippen LogP contribution in [0, 0.1) is 0 Å². The molecule has 0 saturated carbocycles. The monoisotopic (exact) mass is 389 g/mol. The predicted molar refractivity (Wildman–Crippen MR) is 84.2 cm³/mol. The van der Waals surface area contributed by atoms with Crippen molar-refractivity contribution in [1.29, 1.82) is 0 Å². The van der Waals surface area contributed by atoms with Gasteiger partial charge >= 0.3 is 137 Å². The number of hydrogen-bond acceptors (Lipinski definition) is 7. The van der Waals surface area contributed by atoms with Crippen molar-refractivity contribution in [2.45, 2.75) is 41.9 Å². The van der Waals surface area contributed by atoms with Gasteiger partial charge in [-0.05, 0) is 0 Å². The van der Waals surface area contributed by atoms with E-state index in [0.717, 1.165) is 11.7 Å². The fourth-order valence-corrected chi connectivity index (χ4v) is 5.26. The molecule has 0 radical (unpaired) electrons. The molecule has 0 bridgehead atoms. The van der Waals surface area contributed by atoms with E-state index in [9.17, 15) is 15.0 Å². The number of nitrogens with zero attached hydrogens (tertiary/aromatic N) is 3. The Morgan fingerprint density at radius 2 is 2.35 bits per heavy atom. The molecule has 3 rings (SSSR count). The number of H-pyrrole nitrogens is 1. The van der Waals surface area contributed by atoms with Gasteiger partial charge < -0.3 is 0 Å². The van der Waals surface area contributed by atoms with Crippen molar-refractivity contribution in [3.05, 3.63) is 16.7 Å².